The number of halogens is 4. The van der Waals surface area contributed by atoms with Crippen molar-refractivity contribution in [2.45, 2.75) is 6.36 Å². The molecule has 0 aliphatic carbocycles. The number of aromatic nitrogens is 2. The lowest BCUT2D eigenvalue weighted by molar-refractivity contribution is -0.274. The van der Waals surface area contributed by atoms with E-state index < -0.39 is 18.1 Å². The summed E-state index contributed by atoms with van der Waals surface area (Å²) in [5, 5.41) is 13.6. The van der Waals surface area contributed by atoms with Gasteiger partial charge < -0.3 is 9.84 Å². The van der Waals surface area contributed by atoms with Crippen LogP contribution < -0.4 is 4.74 Å². The molecule has 3 aromatic rings. The predicted molar refractivity (Wildman–Crippen MR) is 87.7 cm³/mol. The highest BCUT2D eigenvalue weighted by molar-refractivity contribution is 6.30. The second-order valence-corrected chi connectivity index (χ2v) is 5.62. The summed E-state index contributed by atoms with van der Waals surface area (Å²) in [4.78, 5) is 11.3. The van der Waals surface area contributed by atoms with Crippen LogP contribution in [0.15, 0.2) is 54.6 Å². The van der Waals surface area contributed by atoms with Crippen LogP contribution in [0.5, 0.6) is 5.75 Å². The first-order valence-corrected chi connectivity index (χ1v) is 7.56. The molecule has 9 heteroatoms. The fraction of sp³-hybridized carbons (Fsp3) is 0.0588. The van der Waals surface area contributed by atoms with Crippen molar-refractivity contribution in [3.8, 4) is 22.7 Å². The Bertz CT molecular complexity index is 970. The van der Waals surface area contributed by atoms with Gasteiger partial charge in [-0.05, 0) is 36.4 Å². The summed E-state index contributed by atoms with van der Waals surface area (Å²) in [5.41, 5.74) is 0.772. The summed E-state index contributed by atoms with van der Waals surface area (Å²) in [6.45, 7) is 0. The van der Waals surface area contributed by atoms with Crippen molar-refractivity contribution in [1.82, 2.24) is 9.78 Å². The number of benzene rings is 2. The van der Waals surface area contributed by atoms with Gasteiger partial charge in [0.15, 0.2) is 5.69 Å². The number of carboxylic acids is 1. The summed E-state index contributed by atoms with van der Waals surface area (Å²) in [7, 11) is 0. The number of ether oxygens (including phenoxy) is 1. The lowest BCUT2D eigenvalue weighted by Crippen LogP contribution is -2.17. The molecule has 0 unspecified atom stereocenters. The molecule has 0 bridgehead atoms. The molecule has 0 radical (unpaired) electrons. The van der Waals surface area contributed by atoms with Crippen LogP contribution in [0.3, 0.4) is 0 Å². The van der Waals surface area contributed by atoms with E-state index in [4.69, 9.17) is 11.6 Å². The largest absolute Gasteiger partial charge is 0.573 e. The molecule has 0 saturated carbocycles. The second-order valence-electron chi connectivity index (χ2n) is 5.19. The Balaban J connectivity index is 2.13. The first-order chi connectivity index (χ1) is 12.2. The van der Waals surface area contributed by atoms with Gasteiger partial charge in [0.25, 0.3) is 0 Å². The maximum atomic E-state index is 12.4. The summed E-state index contributed by atoms with van der Waals surface area (Å²) in [6, 6.07) is 12.9. The van der Waals surface area contributed by atoms with Gasteiger partial charge in [0.05, 0.1) is 11.4 Å². The first-order valence-electron chi connectivity index (χ1n) is 7.18. The van der Waals surface area contributed by atoms with E-state index in [1.165, 1.54) is 22.9 Å². The van der Waals surface area contributed by atoms with Crippen molar-refractivity contribution in [2.75, 3.05) is 0 Å². The van der Waals surface area contributed by atoms with E-state index in [2.05, 4.69) is 9.84 Å². The summed E-state index contributed by atoms with van der Waals surface area (Å²) < 4.78 is 42.5. The first kappa shape index (κ1) is 17.8. The topological polar surface area (TPSA) is 64.3 Å². The third-order valence-electron chi connectivity index (χ3n) is 3.34. The van der Waals surface area contributed by atoms with Crippen LogP contribution >= 0.6 is 11.6 Å². The van der Waals surface area contributed by atoms with Crippen LogP contribution in [0.2, 0.25) is 5.02 Å². The quantitative estimate of drug-likeness (QED) is 0.704. The summed E-state index contributed by atoms with van der Waals surface area (Å²) in [6.07, 6.45) is -4.84. The Morgan fingerprint density at radius 2 is 1.85 bits per heavy atom. The zero-order chi connectivity index (χ0) is 18.9. The molecule has 0 aliphatic heterocycles. The number of carboxylic acid groups (broad SMARTS) is 1. The monoisotopic (exact) mass is 382 g/mol. The normalized spacial score (nSPS) is 11.4. The standard InChI is InChI=1S/C17H10ClF3N2O3/c18-11-4-2-5-12(8-11)23-15(9-14(22-23)16(24)25)10-3-1-6-13(7-10)26-17(19,20)21/h1-9H,(H,24,25). The molecule has 1 N–H and O–H groups in total. The number of nitrogens with zero attached hydrogens (tertiary/aromatic N) is 2. The highest BCUT2D eigenvalue weighted by atomic mass is 35.5. The maximum Gasteiger partial charge on any atom is 0.573 e. The van der Waals surface area contributed by atoms with E-state index in [1.807, 2.05) is 0 Å². The number of aromatic carboxylic acids is 1. The average molecular weight is 383 g/mol. The van der Waals surface area contributed by atoms with E-state index in [0.717, 1.165) is 12.1 Å². The minimum Gasteiger partial charge on any atom is -0.476 e. The van der Waals surface area contributed by atoms with Gasteiger partial charge in [-0.3, -0.25) is 0 Å². The zero-order valence-electron chi connectivity index (χ0n) is 12.9. The van der Waals surface area contributed by atoms with E-state index in [9.17, 15) is 23.1 Å². The van der Waals surface area contributed by atoms with Gasteiger partial charge in [0, 0.05) is 10.6 Å². The molecule has 0 amide bonds. The molecule has 1 heterocycles. The van der Waals surface area contributed by atoms with Crippen LogP contribution in [0.25, 0.3) is 16.9 Å². The predicted octanol–water partition coefficient (Wildman–Crippen LogP) is 4.79. The molecule has 0 atom stereocenters. The lowest BCUT2D eigenvalue weighted by atomic mass is 10.1. The number of alkyl halides is 3. The lowest BCUT2D eigenvalue weighted by Gasteiger charge is -2.11. The van der Waals surface area contributed by atoms with Crippen LogP contribution in [0.1, 0.15) is 10.5 Å². The van der Waals surface area contributed by atoms with Crippen LogP contribution in [0, 0.1) is 0 Å². The fourth-order valence-electron chi connectivity index (χ4n) is 2.35. The zero-order valence-corrected chi connectivity index (χ0v) is 13.6. The summed E-state index contributed by atoms with van der Waals surface area (Å²) in [5.74, 6) is -1.69. The third kappa shape index (κ3) is 3.97. The summed E-state index contributed by atoms with van der Waals surface area (Å²) >= 11 is 5.96. The van der Waals surface area contributed by atoms with Gasteiger partial charge >= 0.3 is 12.3 Å². The Kier molecular flexibility index (Phi) is 4.60. The van der Waals surface area contributed by atoms with Crippen LogP contribution in [0.4, 0.5) is 13.2 Å². The van der Waals surface area contributed by atoms with Crippen molar-refractivity contribution in [1.29, 1.82) is 0 Å². The molecule has 26 heavy (non-hydrogen) atoms. The minimum absolute atomic E-state index is 0.262. The van der Waals surface area contributed by atoms with Crippen molar-refractivity contribution in [3.05, 3.63) is 65.3 Å². The minimum atomic E-state index is -4.84. The SMILES string of the molecule is O=C(O)c1cc(-c2cccc(OC(F)(F)F)c2)n(-c2cccc(Cl)c2)n1. The van der Waals surface area contributed by atoms with Gasteiger partial charge in [-0.1, -0.05) is 29.8 Å². The van der Waals surface area contributed by atoms with Gasteiger partial charge in [-0.25, -0.2) is 9.48 Å². The maximum absolute atomic E-state index is 12.4. The Morgan fingerprint density at radius 1 is 1.12 bits per heavy atom. The highest BCUT2D eigenvalue weighted by Gasteiger charge is 2.31. The number of hydrogen-bond donors (Lipinski definition) is 1. The Morgan fingerprint density at radius 3 is 2.50 bits per heavy atom. The molecule has 0 saturated heterocycles. The van der Waals surface area contributed by atoms with Crippen LogP contribution in [-0.2, 0) is 0 Å². The smallest absolute Gasteiger partial charge is 0.476 e. The number of carbonyl (C=O) groups is 1. The third-order valence-corrected chi connectivity index (χ3v) is 3.58. The van der Waals surface area contributed by atoms with E-state index in [-0.39, 0.29) is 11.4 Å². The molecule has 5 nitrogen and oxygen atoms in total. The Labute approximate surface area is 150 Å². The fourth-order valence-corrected chi connectivity index (χ4v) is 2.53. The Hall–Kier alpha value is -3.00. The highest BCUT2D eigenvalue weighted by Crippen LogP contribution is 2.30. The van der Waals surface area contributed by atoms with Gasteiger partial charge in [-0.2, -0.15) is 5.10 Å². The van der Waals surface area contributed by atoms with E-state index in [1.54, 1.807) is 24.3 Å². The van der Waals surface area contributed by atoms with E-state index in [0.29, 0.717) is 16.3 Å². The molecule has 0 spiro atoms. The number of hydrogen-bond acceptors (Lipinski definition) is 3. The molecule has 2 aromatic carbocycles. The second kappa shape index (κ2) is 6.72. The number of rotatable bonds is 4. The molecule has 0 fully saturated rings. The van der Waals surface area contributed by atoms with Crippen LogP contribution in [-0.4, -0.2) is 27.2 Å². The molecule has 3 rings (SSSR count). The molecule has 1 aromatic heterocycles. The van der Waals surface area contributed by atoms with Crippen molar-refractivity contribution >= 4 is 17.6 Å². The van der Waals surface area contributed by atoms with Crippen molar-refractivity contribution in [2.24, 2.45) is 0 Å². The van der Waals surface area contributed by atoms with Crippen molar-refractivity contribution in [3.63, 3.8) is 0 Å². The van der Waals surface area contributed by atoms with Gasteiger partial charge in [-0.15, -0.1) is 13.2 Å². The van der Waals surface area contributed by atoms with Gasteiger partial charge in [0.1, 0.15) is 5.75 Å². The van der Waals surface area contributed by atoms with Crippen molar-refractivity contribution < 1.29 is 27.8 Å². The average Bonchev–Trinajstić information content (AvgIpc) is 2.99. The van der Waals surface area contributed by atoms with E-state index >= 15 is 0 Å². The molecular weight excluding hydrogens is 373 g/mol. The van der Waals surface area contributed by atoms with Gasteiger partial charge in [0.2, 0.25) is 0 Å². The molecule has 134 valence electrons. The molecular formula is C17H10ClF3N2O3. The molecule has 0 aliphatic rings.